The van der Waals surface area contributed by atoms with E-state index < -0.39 is 0 Å². The fourth-order valence-electron chi connectivity index (χ4n) is 3.30. The van der Waals surface area contributed by atoms with Gasteiger partial charge >= 0.3 is 0 Å². The second-order valence-corrected chi connectivity index (χ2v) is 6.76. The number of aryl methyl sites for hydroxylation is 1. The molecule has 0 spiro atoms. The van der Waals surface area contributed by atoms with Gasteiger partial charge in [0.25, 0.3) is 0 Å². The molecule has 0 radical (unpaired) electrons. The van der Waals surface area contributed by atoms with Crippen LogP contribution >= 0.6 is 0 Å². The van der Waals surface area contributed by atoms with Crippen LogP contribution in [0, 0.1) is 5.82 Å². The number of nitrogens with zero attached hydrogens (tertiary/aromatic N) is 2. The number of aromatic nitrogens is 1. The number of benzene rings is 2. The normalized spacial score (nSPS) is 14.0. The van der Waals surface area contributed by atoms with E-state index in [9.17, 15) is 9.18 Å². The summed E-state index contributed by atoms with van der Waals surface area (Å²) in [5.74, 6) is 0.264. The van der Waals surface area contributed by atoms with Crippen LogP contribution in [-0.4, -0.2) is 37.2 Å². The molecule has 2 aromatic carbocycles. The van der Waals surface area contributed by atoms with E-state index in [4.69, 9.17) is 9.15 Å². The molecule has 0 bridgehead atoms. The van der Waals surface area contributed by atoms with Crippen molar-refractivity contribution in [2.24, 2.45) is 0 Å². The van der Waals surface area contributed by atoms with Crippen LogP contribution in [0.3, 0.4) is 0 Å². The van der Waals surface area contributed by atoms with E-state index in [0.717, 1.165) is 24.5 Å². The molecule has 1 N–H and O–H groups in total. The summed E-state index contributed by atoms with van der Waals surface area (Å²) in [7, 11) is 0. The van der Waals surface area contributed by atoms with Crippen LogP contribution < -0.4 is 10.2 Å². The first-order chi connectivity index (χ1) is 14.2. The maximum atomic E-state index is 13.9. The summed E-state index contributed by atoms with van der Waals surface area (Å²) < 4.78 is 24.9. The molecule has 150 valence electrons. The molecule has 1 fully saturated rings. The summed E-state index contributed by atoms with van der Waals surface area (Å²) in [5.41, 5.74) is 2.12. The van der Waals surface area contributed by atoms with Crippen molar-refractivity contribution in [3.05, 3.63) is 66.4 Å². The third-order valence-corrected chi connectivity index (χ3v) is 4.79. The van der Waals surface area contributed by atoms with E-state index in [1.165, 1.54) is 12.3 Å². The number of para-hydroxylation sites is 2. The molecule has 1 aliphatic heterocycles. The summed E-state index contributed by atoms with van der Waals surface area (Å²) in [6.07, 6.45) is 2.04. The number of anilines is 2. The Kier molecular flexibility index (Phi) is 5.86. The van der Waals surface area contributed by atoms with Crippen molar-refractivity contribution in [3.8, 4) is 11.3 Å². The van der Waals surface area contributed by atoms with Crippen LogP contribution in [0.2, 0.25) is 0 Å². The molecule has 1 aliphatic rings. The molecule has 0 unspecified atom stereocenters. The van der Waals surface area contributed by atoms with Crippen molar-refractivity contribution in [1.82, 2.24) is 4.98 Å². The number of nitrogens with one attached hydrogen (secondary N) is 1. The Morgan fingerprint density at radius 1 is 1.10 bits per heavy atom. The first kappa shape index (κ1) is 19.1. The number of hydrogen-bond acceptors (Lipinski definition) is 5. The Labute approximate surface area is 168 Å². The van der Waals surface area contributed by atoms with Crippen molar-refractivity contribution in [1.29, 1.82) is 0 Å². The molecule has 0 atom stereocenters. The van der Waals surface area contributed by atoms with E-state index in [2.05, 4.69) is 15.2 Å². The lowest BCUT2D eigenvalue weighted by molar-refractivity contribution is -0.116. The Morgan fingerprint density at radius 2 is 1.86 bits per heavy atom. The van der Waals surface area contributed by atoms with Crippen molar-refractivity contribution in [2.75, 3.05) is 36.5 Å². The Morgan fingerprint density at radius 3 is 2.69 bits per heavy atom. The average Bonchev–Trinajstić information content (AvgIpc) is 3.22. The zero-order valence-corrected chi connectivity index (χ0v) is 15.9. The van der Waals surface area contributed by atoms with Crippen molar-refractivity contribution in [2.45, 2.75) is 12.8 Å². The maximum Gasteiger partial charge on any atom is 0.224 e. The molecule has 6 nitrogen and oxygen atoms in total. The number of oxazole rings is 1. The summed E-state index contributed by atoms with van der Waals surface area (Å²) >= 11 is 0. The Balaban J connectivity index is 1.37. The van der Waals surface area contributed by atoms with Crippen LogP contribution in [0.15, 0.2) is 59.1 Å². The molecule has 0 aliphatic carbocycles. The number of hydrogen-bond donors (Lipinski definition) is 1. The SMILES string of the molecule is O=C(CCc1ncc(-c2ccccc2F)o1)Nc1ccccc1N1CCOCC1. The van der Waals surface area contributed by atoms with E-state index in [1.807, 2.05) is 24.3 Å². The van der Waals surface area contributed by atoms with Gasteiger partial charge in [-0.2, -0.15) is 0 Å². The highest BCUT2D eigenvalue weighted by Crippen LogP contribution is 2.27. The van der Waals surface area contributed by atoms with Gasteiger partial charge in [-0.25, -0.2) is 9.37 Å². The third-order valence-electron chi connectivity index (χ3n) is 4.79. The van der Waals surface area contributed by atoms with Gasteiger partial charge in [-0.1, -0.05) is 24.3 Å². The molecule has 29 heavy (non-hydrogen) atoms. The van der Waals surface area contributed by atoms with Gasteiger partial charge in [-0.3, -0.25) is 4.79 Å². The van der Waals surface area contributed by atoms with Crippen LogP contribution in [0.4, 0.5) is 15.8 Å². The lowest BCUT2D eigenvalue weighted by atomic mass is 10.2. The predicted molar refractivity (Wildman–Crippen MR) is 108 cm³/mol. The maximum absolute atomic E-state index is 13.9. The molecule has 3 aromatic rings. The number of carbonyl (C=O) groups excluding carboxylic acids is 1. The number of carbonyl (C=O) groups is 1. The number of amides is 1. The first-order valence-corrected chi connectivity index (χ1v) is 9.62. The highest BCUT2D eigenvalue weighted by atomic mass is 19.1. The zero-order valence-electron chi connectivity index (χ0n) is 15.9. The van der Waals surface area contributed by atoms with Crippen LogP contribution in [-0.2, 0) is 16.0 Å². The quantitative estimate of drug-likeness (QED) is 0.686. The monoisotopic (exact) mass is 395 g/mol. The zero-order chi connectivity index (χ0) is 20.1. The van der Waals surface area contributed by atoms with Crippen LogP contribution in [0.1, 0.15) is 12.3 Å². The summed E-state index contributed by atoms with van der Waals surface area (Å²) in [6.45, 7) is 2.94. The highest BCUT2D eigenvalue weighted by Gasteiger charge is 2.16. The summed E-state index contributed by atoms with van der Waals surface area (Å²) in [4.78, 5) is 18.8. The first-order valence-electron chi connectivity index (χ1n) is 9.62. The number of ether oxygens (including phenoxy) is 1. The molecule has 7 heteroatoms. The lowest BCUT2D eigenvalue weighted by Crippen LogP contribution is -2.36. The molecule has 4 rings (SSSR count). The van der Waals surface area contributed by atoms with Gasteiger partial charge in [0.15, 0.2) is 11.7 Å². The molecular weight excluding hydrogens is 373 g/mol. The average molecular weight is 395 g/mol. The van der Waals surface area contributed by atoms with Gasteiger partial charge in [-0.15, -0.1) is 0 Å². The molecule has 0 saturated carbocycles. The number of morpholine rings is 1. The predicted octanol–water partition coefficient (Wildman–Crippen LogP) is 3.89. The second kappa shape index (κ2) is 8.87. The third kappa shape index (κ3) is 4.63. The second-order valence-electron chi connectivity index (χ2n) is 6.76. The molecular formula is C22H22FN3O3. The van der Waals surface area contributed by atoms with Crippen LogP contribution in [0.25, 0.3) is 11.3 Å². The number of rotatable bonds is 6. The van der Waals surface area contributed by atoms with E-state index in [1.54, 1.807) is 18.2 Å². The van der Waals surface area contributed by atoms with Gasteiger partial charge in [0.1, 0.15) is 5.82 Å². The van der Waals surface area contributed by atoms with Gasteiger partial charge < -0.3 is 19.4 Å². The summed E-state index contributed by atoms with van der Waals surface area (Å²) in [6, 6.07) is 14.1. The smallest absolute Gasteiger partial charge is 0.224 e. The fraction of sp³-hybridized carbons (Fsp3) is 0.273. The van der Waals surface area contributed by atoms with Crippen molar-refractivity contribution < 1.29 is 18.3 Å². The van der Waals surface area contributed by atoms with Gasteiger partial charge in [0, 0.05) is 25.9 Å². The highest BCUT2D eigenvalue weighted by molar-refractivity contribution is 5.94. The summed E-state index contributed by atoms with van der Waals surface area (Å²) in [5, 5.41) is 2.97. The Hall–Kier alpha value is -3.19. The van der Waals surface area contributed by atoms with Crippen molar-refractivity contribution in [3.63, 3.8) is 0 Å². The molecule has 1 aromatic heterocycles. The standard InChI is InChI=1S/C22H22FN3O3/c23-17-6-2-1-5-16(17)20-15-24-22(29-20)10-9-21(27)25-18-7-3-4-8-19(18)26-11-13-28-14-12-26/h1-8,15H,9-14H2,(H,25,27). The fourth-order valence-corrected chi connectivity index (χ4v) is 3.30. The van der Waals surface area contributed by atoms with E-state index in [-0.39, 0.29) is 18.1 Å². The Bertz CT molecular complexity index is 983. The van der Waals surface area contributed by atoms with Gasteiger partial charge in [0.05, 0.1) is 36.3 Å². The van der Waals surface area contributed by atoms with Gasteiger partial charge in [0.2, 0.25) is 5.91 Å². The minimum absolute atomic E-state index is 0.128. The minimum Gasteiger partial charge on any atom is -0.441 e. The molecule has 1 amide bonds. The molecule has 2 heterocycles. The lowest BCUT2D eigenvalue weighted by Gasteiger charge is -2.30. The largest absolute Gasteiger partial charge is 0.441 e. The van der Waals surface area contributed by atoms with E-state index >= 15 is 0 Å². The van der Waals surface area contributed by atoms with E-state index in [0.29, 0.717) is 36.8 Å². The van der Waals surface area contributed by atoms with Crippen molar-refractivity contribution >= 4 is 17.3 Å². The topological polar surface area (TPSA) is 67.6 Å². The van der Waals surface area contributed by atoms with Gasteiger partial charge in [-0.05, 0) is 24.3 Å². The minimum atomic E-state index is -0.368. The number of halogens is 1. The molecule has 1 saturated heterocycles. The van der Waals surface area contributed by atoms with Crippen LogP contribution in [0.5, 0.6) is 0 Å².